The van der Waals surface area contributed by atoms with Crippen molar-refractivity contribution in [2.45, 2.75) is 4.90 Å². The standard InChI is InChI=1S/C21H14N4O3S2/c22-13-14-6-8-15(9-7-14)20(26)23-16-10-11-18-19(12-16)29-21(24-18)25-30(27,28)17-4-2-1-3-5-17/h1-12H,(H,23,26)(H,24,25). The summed E-state index contributed by atoms with van der Waals surface area (Å²) in [5.41, 5.74) is 2.07. The highest BCUT2D eigenvalue weighted by Crippen LogP contribution is 2.30. The van der Waals surface area contributed by atoms with E-state index < -0.39 is 10.0 Å². The third-order valence-electron chi connectivity index (χ3n) is 4.20. The van der Waals surface area contributed by atoms with Crippen LogP contribution in [0, 0.1) is 11.3 Å². The number of sulfonamides is 1. The van der Waals surface area contributed by atoms with Crippen LogP contribution in [0.4, 0.5) is 10.8 Å². The predicted molar refractivity (Wildman–Crippen MR) is 116 cm³/mol. The SMILES string of the molecule is N#Cc1ccc(C(=O)Nc2ccc3nc(NS(=O)(=O)c4ccccc4)sc3c2)cc1. The number of benzene rings is 3. The summed E-state index contributed by atoms with van der Waals surface area (Å²) in [5.74, 6) is -0.312. The van der Waals surface area contributed by atoms with Gasteiger partial charge in [-0.05, 0) is 54.6 Å². The lowest BCUT2D eigenvalue weighted by Crippen LogP contribution is -2.12. The Hall–Kier alpha value is -3.74. The first-order chi connectivity index (χ1) is 14.4. The Kier molecular flexibility index (Phi) is 5.18. The quantitative estimate of drug-likeness (QED) is 0.488. The van der Waals surface area contributed by atoms with Crippen LogP contribution in [0.5, 0.6) is 0 Å². The topological polar surface area (TPSA) is 112 Å². The van der Waals surface area contributed by atoms with Crippen molar-refractivity contribution in [2.75, 3.05) is 10.0 Å². The number of fused-ring (bicyclic) bond motifs is 1. The number of hydrogen-bond donors (Lipinski definition) is 2. The second-order valence-electron chi connectivity index (χ2n) is 6.26. The van der Waals surface area contributed by atoms with Crippen LogP contribution in [-0.2, 0) is 10.0 Å². The number of amides is 1. The average molecular weight is 435 g/mol. The largest absolute Gasteiger partial charge is 0.322 e. The number of thiazole rings is 1. The van der Waals surface area contributed by atoms with Crippen LogP contribution >= 0.6 is 11.3 Å². The molecule has 9 heteroatoms. The summed E-state index contributed by atoms with van der Waals surface area (Å²) in [6.07, 6.45) is 0. The zero-order chi connectivity index (χ0) is 21.1. The summed E-state index contributed by atoms with van der Waals surface area (Å²) in [5, 5.41) is 11.9. The predicted octanol–water partition coefficient (Wildman–Crippen LogP) is 4.22. The Balaban J connectivity index is 1.53. The van der Waals surface area contributed by atoms with Crippen LogP contribution in [0.15, 0.2) is 77.7 Å². The fourth-order valence-corrected chi connectivity index (χ4v) is 4.88. The van der Waals surface area contributed by atoms with Crippen molar-refractivity contribution in [2.24, 2.45) is 0 Å². The van der Waals surface area contributed by atoms with Crippen molar-refractivity contribution in [1.82, 2.24) is 4.98 Å². The van der Waals surface area contributed by atoms with Crippen LogP contribution < -0.4 is 10.0 Å². The van der Waals surface area contributed by atoms with E-state index in [2.05, 4.69) is 15.0 Å². The van der Waals surface area contributed by atoms with Crippen molar-refractivity contribution in [1.29, 1.82) is 5.26 Å². The van der Waals surface area contributed by atoms with Gasteiger partial charge in [0.25, 0.3) is 15.9 Å². The van der Waals surface area contributed by atoms with Crippen molar-refractivity contribution >= 4 is 48.3 Å². The Bertz CT molecular complexity index is 1370. The third-order valence-corrected chi connectivity index (χ3v) is 6.62. The van der Waals surface area contributed by atoms with E-state index >= 15 is 0 Å². The Morgan fingerprint density at radius 2 is 1.73 bits per heavy atom. The number of hydrogen-bond acceptors (Lipinski definition) is 6. The first kappa shape index (κ1) is 19.6. The number of anilines is 2. The minimum absolute atomic E-state index is 0.152. The third kappa shape index (κ3) is 4.15. The lowest BCUT2D eigenvalue weighted by Gasteiger charge is -2.05. The zero-order valence-corrected chi connectivity index (χ0v) is 17.0. The van der Waals surface area contributed by atoms with Gasteiger partial charge in [0.1, 0.15) is 0 Å². The first-order valence-electron chi connectivity index (χ1n) is 8.74. The van der Waals surface area contributed by atoms with Gasteiger partial charge in [-0.15, -0.1) is 0 Å². The Labute approximate surface area is 176 Å². The molecule has 1 aromatic heterocycles. The number of aromatic nitrogens is 1. The van der Waals surface area contributed by atoms with Gasteiger partial charge in [-0.2, -0.15) is 5.26 Å². The summed E-state index contributed by atoms with van der Waals surface area (Å²) in [7, 11) is -3.73. The molecule has 0 fully saturated rings. The summed E-state index contributed by atoms with van der Waals surface area (Å²) in [6, 6.07) is 21.5. The number of rotatable bonds is 5. The smallest absolute Gasteiger partial charge is 0.263 e. The summed E-state index contributed by atoms with van der Waals surface area (Å²) in [6.45, 7) is 0. The monoisotopic (exact) mass is 434 g/mol. The van der Waals surface area contributed by atoms with E-state index in [-0.39, 0.29) is 15.9 Å². The van der Waals surface area contributed by atoms with Crippen molar-refractivity contribution in [3.8, 4) is 6.07 Å². The molecule has 1 heterocycles. The molecule has 4 rings (SSSR count). The molecule has 30 heavy (non-hydrogen) atoms. The molecule has 1 amide bonds. The molecule has 0 saturated heterocycles. The minimum Gasteiger partial charge on any atom is -0.322 e. The molecule has 0 aliphatic carbocycles. The molecule has 7 nitrogen and oxygen atoms in total. The number of nitrogens with zero attached hydrogens (tertiary/aromatic N) is 2. The Morgan fingerprint density at radius 3 is 2.43 bits per heavy atom. The van der Waals surface area contributed by atoms with Crippen molar-refractivity contribution in [3.05, 3.63) is 83.9 Å². The maximum atomic E-state index is 12.5. The normalized spacial score (nSPS) is 11.0. The van der Waals surface area contributed by atoms with Crippen LogP contribution in [0.25, 0.3) is 10.2 Å². The summed E-state index contributed by atoms with van der Waals surface area (Å²) in [4.78, 5) is 16.9. The fraction of sp³-hybridized carbons (Fsp3) is 0. The van der Waals surface area contributed by atoms with E-state index in [1.54, 1.807) is 60.7 Å². The molecule has 2 N–H and O–H groups in total. The summed E-state index contributed by atoms with van der Waals surface area (Å²) < 4.78 is 28.2. The molecule has 0 radical (unpaired) electrons. The Morgan fingerprint density at radius 1 is 1.00 bits per heavy atom. The molecule has 0 aliphatic rings. The van der Waals surface area contributed by atoms with Gasteiger partial charge in [-0.25, -0.2) is 13.4 Å². The molecular weight excluding hydrogens is 420 g/mol. The molecule has 0 bridgehead atoms. The molecule has 0 unspecified atom stereocenters. The van der Waals surface area contributed by atoms with Crippen molar-refractivity contribution in [3.63, 3.8) is 0 Å². The molecule has 0 atom stereocenters. The number of nitriles is 1. The van der Waals surface area contributed by atoms with Crippen LogP contribution in [-0.4, -0.2) is 19.3 Å². The molecule has 0 saturated carbocycles. The second kappa shape index (κ2) is 7.94. The van der Waals surface area contributed by atoms with E-state index in [1.807, 2.05) is 6.07 Å². The van der Waals surface area contributed by atoms with Gasteiger partial charge in [0.15, 0.2) is 5.13 Å². The van der Waals surface area contributed by atoms with E-state index in [1.165, 1.54) is 23.5 Å². The first-order valence-corrected chi connectivity index (χ1v) is 11.0. The maximum absolute atomic E-state index is 12.5. The van der Waals surface area contributed by atoms with Gasteiger partial charge >= 0.3 is 0 Å². The molecular formula is C21H14N4O3S2. The maximum Gasteiger partial charge on any atom is 0.263 e. The highest BCUT2D eigenvalue weighted by Gasteiger charge is 2.16. The molecule has 0 aliphatic heterocycles. The number of nitrogens with one attached hydrogen (secondary N) is 2. The lowest BCUT2D eigenvalue weighted by atomic mass is 10.1. The minimum atomic E-state index is -3.73. The lowest BCUT2D eigenvalue weighted by molar-refractivity contribution is 0.102. The summed E-state index contributed by atoms with van der Waals surface area (Å²) >= 11 is 1.17. The van der Waals surface area contributed by atoms with E-state index in [0.29, 0.717) is 22.3 Å². The van der Waals surface area contributed by atoms with E-state index in [0.717, 1.165) is 4.70 Å². The highest BCUT2D eigenvalue weighted by molar-refractivity contribution is 7.93. The van der Waals surface area contributed by atoms with Gasteiger partial charge in [0, 0.05) is 11.3 Å². The molecule has 148 valence electrons. The van der Waals surface area contributed by atoms with Crippen LogP contribution in [0.2, 0.25) is 0 Å². The zero-order valence-electron chi connectivity index (χ0n) is 15.4. The van der Waals surface area contributed by atoms with E-state index in [9.17, 15) is 13.2 Å². The number of carbonyl (C=O) groups is 1. The van der Waals surface area contributed by atoms with Gasteiger partial charge in [0.2, 0.25) is 0 Å². The van der Waals surface area contributed by atoms with Gasteiger partial charge in [-0.3, -0.25) is 9.52 Å². The van der Waals surface area contributed by atoms with Crippen LogP contribution in [0.1, 0.15) is 15.9 Å². The number of carbonyl (C=O) groups excluding carboxylic acids is 1. The second-order valence-corrected chi connectivity index (χ2v) is 8.98. The molecule has 0 spiro atoms. The van der Waals surface area contributed by atoms with Gasteiger partial charge < -0.3 is 5.32 Å². The van der Waals surface area contributed by atoms with Gasteiger partial charge in [0.05, 0.1) is 26.7 Å². The fourth-order valence-electron chi connectivity index (χ4n) is 2.72. The average Bonchev–Trinajstić information content (AvgIpc) is 3.15. The molecule has 4 aromatic rings. The van der Waals surface area contributed by atoms with Crippen molar-refractivity contribution < 1.29 is 13.2 Å². The van der Waals surface area contributed by atoms with Crippen LogP contribution in [0.3, 0.4) is 0 Å². The molecule has 3 aromatic carbocycles. The van der Waals surface area contributed by atoms with E-state index in [4.69, 9.17) is 5.26 Å². The van der Waals surface area contributed by atoms with Gasteiger partial charge in [-0.1, -0.05) is 29.5 Å². The highest BCUT2D eigenvalue weighted by atomic mass is 32.2.